The van der Waals surface area contributed by atoms with E-state index in [1.165, 1.54) is 0 Å². The Kier molecular flexibility index (Phi) is 5.33. The van der Waals surface area contributed by atoms with Crippen LogP contribution in [0.5, 0.6) is 0 Å². The maximum atomic E-state index is 6.27. The zero-order valence-corrected chi connectivity index (χ0v) is 15.2. The number of nitrogens with zero attached hydrogens (tertiary/aromatic N) is 5. The molecule has 0 saturated carbocycles. The molecule has 9 heteroatoms. The van der Waals surface area contributed by atoms with Gasteiger partial charge in [-0.3, -0.25) is 0 Å². The highest BCUT2D eigenvalue weighted by atomic mass is 35.5. The molecule has 0 amide bonds. The minimum Gasteiger partial charge on any atom is -0.378 e. The topological polar surface area (TPSA) is 78.4 Å². The molecule has 26 heavy (non-hydrogen) atoms. The van der Waals surface area contributed by atoms with Gasteiger partial charge in [-0.05, 0) is 12.1 Å². The molecule has 0 radical (unpaired) electrons. The smallest absolute Gasteiger partial charge is 0.233 e. The Hall–Kier alpha value is -2.16. The Labute approximate surface area is 157 Å². The first-order valence-electron chi connectivity index (χ1n) is 8.85. The molecule has 138 valence electrons. The minimum absolute atomic E-state index is 0.503. The number of rotatable bonds is 4. The predicted octanol–water partition coefficient (Wildman–Crippen LogP) is 1.51. The lowest BCUT2D eigenvalue weighted by Gasteiger charge is -2.30. The summed E-state index contributed by atoms with van der Waals surface area (Å²) in [5.74, 6) is 1.87. The van der Waals surface area contributed by atoms with E-state index in [1.54, 1.807) is 0 Å². The van der Waals surface area contributed by atoms with Crippen molar-refractivity contribution in [1.29, 1.82) is 0 Å². The first-order chi connectivity index (χ1) is 12.8. The second-order valence-electron chi connectivity index (χ2n) is 6.20. The molecule has 2 aromatic rings. The number of nitrogens with one attached hydrogen (secondary N) is 2. The number of para-hydroxylation sites is 1. The minimum atomic E-state index is 0.503. The van der Waals surface area contributed by atoms with Gasteiger partial charge in [0.05, 0.1) is 23.9 Å². The van der Waals surface area contributed by atoms with Gasteiger partial charge >= 0.3 is 0 Å². The lowest BCUT2D eigenvalue weighted by Crippen LogP contribution is -2.44. The van der Waals surface area contributed by atoms with Gasteiger partial charge in [0.15, 0.2) is 0 Å². The van der Waals surface area contributed by atoms with E-state index < -0.39 is 0 Å². The standard InChI is InChI=1S/C17H22ClN7O/c18-13-3-1-2-4-14(13)20-15-21-16(24-7-5-19-6-8-24)23-17(22-15)25-9-11-26-12-10-25/h1-4,19H,5-12H2,(H,20,21,22,23). The zero-order chi connectivity index (χ0) is 17.8. The van der Waals surface area contributed by atoms with Crippen LogP contribution in [0.1, 0.15) is 0 Å². The van der Waals surface area contributed by atoms with Crippen LogP contribution < -0.4 is 20.4 Å². The van der Waals surface area contributed by atoms with Crippen LogP contribution in [-0.4, -0.2) is 67.4 Å². The van der Waals surface area contributed by atoms with E-state index in [4.69, 9.17) is 21.3 Å². The summed E-state index contributed by atoms with van der Waals surface area (Å²) in [6.45, 7) is 6.50. The summed E-state index contributed by atoms with van der Waals surface area (Å²) < 4.78 is 5.44. The SMILES string of the molecule is Clc1ccccc1Nc1nc(N2CCNCC2)nc(N2CCOCC2)n1. The average molecular weight is 376 g/mol. The van der Waals surface area contributed by atoms with Crippen molar-refractivity contribution in [2.45, 2.75) is 0 Å². The van der Waals surface area contributed by atoms with Crippen molar-refractivity contribution in [3.05, 3.63) is 29.3 Å². The van der Waals surface area contributed by atoms with Gasteiger partial charge in [-0.1, -0.05) is 23.7 Å². The maximum Gasteiger partial charge on any atom is 0.233 e. The molecule has 0 bridgehead atoms. The van der Waals surface area contributed by atoms with E-state index in [0.717, 1.165) is 45.0 Å². The summed E-state index contributed by atoms with van der Waals surface area (Å²) in [4.78, 5) is 18.3. The van der Waals surface area contributed by atoms with Gasteiger partial charge in [0.2, 0.25) is 17.8 Å². The Bertz CT molecular complexity index is 711. The van der Waals surface area contributed by atoms with Gasteiger partial charge in [0.25, 0.3) is 0 Å². The summed E-state index contributed by atoms with van der Waals surface area (Å²) in [7, 11) is 0. The highest BCUT2D eigenvalue weighted by Crippen LogP contribution is 2.25. The summed E-state index contributed by atoms with van der Waals surface area (Å²) in [5.41, 5.74) is 0.777. The van der Waals surface area contributed by atoms with Crippen molar-refractivity contribution in [3.8, 4) is 0 Å². The average Bonchev–Trinajstić information content (AvgIpc) is 2.71. The lowest BCUT2D eigenvalue weighted by molar-refractivity contribution is 0.122. The zero-order valence-electron chi connectivity index (χ0n) is 14.5. The molecule has 2 saturated heterocycles. The fraction of sp³-hybridized carbons (Fsp3) is 0.471. The van der Waals surface area contributed by atoms with E-state index in [9.17, 15) is 0 Å². The van der Waals surface area contributed by atoms with Crippen LogP contribution in [-0.2, 0) is 4.74 Å². The van der Waals surface area contributed by atoms with Crippen LogP contribution >= 0.6 is 11.6 Å². The van der Waals surface area contributed by atoms with E-state index in [1.807, 2.05) is 24.3 Å². The molecule has 4 rings (SSSR count). The summed E-state index contributed by atoms with van der Waals surface area (Å²) in [6.07, 6.45) is 0. The van der Waals surface area contributed by atoms with Gasteiger partial charge in [-0.2, -0.15) is 15.0 Å². The van der Waals surface area contributed by atoms with Crippen LogP contribution in [0.25, 0.3) is 0 Å². The molecule has 0 atom stereocenters. The third-order valence-corrected chi connectivity index (χ3v) is 4.76. The molecular weight excluding hydrogens is 354 g/mol. The molecule has 1 aromatic heterocycles. The van der Waals surface area contributed by atoms with Crippen LogP contribution in [0.3, 0.4) is 0 Å². The van der Waals surface area contributed by atoms with Gasteiger partial charge in [-0.15, -0.1) is 0 Å². The third kappa shape index (κ3) is 3.98. The number of morpholine rings is 1. The van der Waals surface area contributed by atoms with Crippen LogP contribution in [0, 0.1) is 0 Å². The molecule has 2 aliphatic rings. The molecule has 2 aliphatic heterocycles. The van der Waals surface area contributed by atoms with Crippen molar-refractivity contribution < 1.29 is 4.74 Å². The Balaban J connectivity index is 1.66. The van der Waals surface area contributed by atoms with Crippen LogP contribution in [0.2, 0.25) is 5.02 Å². The highest BCUT2D eigenvalue weighted by molar-refractivity contribution is 6.33. The fourth-order valence-electron chi connectivity index (χ4n) is 3.00. The number of hydrogen-bond acceptors (Lipinski definition) is 8. The van der Waals surface area contributed by atoms with Crippen molar-refractivity contribution in [2.75, 3.05) is 67.6 Å². The normalized spacial score (nSPS) is 18.0. The molecule has 2 fully saturated rings. The highest BCUT2D eigenvalue weighted by Gasteiger charge is 2.20. The molecule has 0 spiro atoms. The molecule has 8 nitrogen and oxygen atoms in total. The number of piperazine rings is 1. The molecule has 3 heterocycles. The molecule has 0 aliphatic carbocycles. The number of benzene rings is 1. The number of aromatic nitrogens is 3. The van der Waals surface area contributed by atoms with Gasteiger partial charge < -0.3 is 25.2 Å². The maximum absolute atomic E-state index is 6.27. The lowest BCUT2D eigenvalue weighted by atomic mass is 10.3. The Morgan fingerprint density at radius 3 is 2.27 bits per heavy atom. The molecule has 1 aromatic carbocycles. The Morgan fingerprint density at radius 1 is 0.923 bits per heavy atom. The third-order valence-electron chi connectivity index (χ3n) is 4.43. The largest absolute Gasteiger partial charge is 0.378 e. The molecular formula is C17H22ClN7O. The number of halogens is 1. The van der Waals surface area contributed by atoms with Crippen molar-refractivity contribution >= 4 is 35.1 Å². The van der Waals surface area contributed by atoms with Crippen molar-refractivity contribution in [1.82, 2.24) is 20.3 Å². The number of anilines is 4. The van der Waals surface area contributed by atoms with Gasteiger partial charge in [0.1, 0.15) is 0 Å². The fourth-order valence-corrected chi connectivity index (χ4v) is 3.19. The van der Waals surface area contributed by atoms with E-state index >= 15 is 0 Å². The second-order valence-corrected chi connectivity index (χ2v) is 6.61. The van der Waals surface area contributed by atoms with Crippen molar-refractivity contribution in [3.63, 3.8) is 0 Å². The summed E-state index contributed by atoms with van der Waals surface area (Å²) >= 11 is 6.27. The molecule has 0 unspecified atom stereocenters. The predicted molar refractivity (Wildman–Crippen MR) is 103 cm³/mol. The summed E-state index contributed by atoms with van der Waals surface area (Å²) in [5, 5.41) is 7.22. The Morgan fingerprint density at radius 2 is 1.58 bits per heavy atom. The number of hydrogen-bond donors (Lipinski definition) is 2. The van der Waals surface area contributed by atoms with Gasteiger partial charge in [0, 0.05) is 39.3 Å². The van der Waals surface area contributed by atoms with E-state index in [-0.39, 0.29) is 0 Å². The van der Waals surface area contributed by atoms with E-state index in [0.29, 0.717) is 36.1 Å². The second kappa shape index (κ2) is 8.03. The van der Waals surface area contributed by atoms with Crippen molar-refractivity contribution in [2.24, 2.45) is 0 Å². The van der Waals surface area contributed by atoms with Crippen LogP contribution in [0.4, 0.5) is 23.5 Å². The first-order valence-corrected chi connectivity index (χ1v) is 9.23. The van der Waals surface area contributed by atoms with Crippen LogP contribution in [0.15, 0.2) is 24.3 Å². The van der Waals surface area contributed by atoms with E-state index in [2.05, 4.69) is 30.4 Å². The van der Waals surface area contributed by atoms with Gasteiger partial charge in [-0.25, -0.2) is 0 Å². The molecule has 2 N–H and O–H groups in total. The first kappa shape index (κ1) is 17.3. The number of ether oxygens (including phenoxy) is 1. The monoisotopic (exact) mass is 375 g/mol. The quantitative estimate of drug-likeness (QED) is 0.832. The summed E-state index contributed by atoms with van der Waals surface area (Å²) in [6, 6.07) is 7.57.